The van der Waals surface area contributed by atoms with Crippen molar-refractivity contribution in [3.05, 3.63) is 118 Å². The maximum atomic E-state index is 15.6. The third-order valence-electron chi connectivity index (χ3n) is 19.9. The highest BCUT2D eigenvalue weighted by Gasteiger charge is 2.62. The van der Waals surface area contributed by atoms with Crippen LogP contribution in [0, 0.1) is 58.0 Å². The van der Waals surface area contributed by atoms with Crippen LogP contribution in [0.5, 0.6) is 17.2 Å². The number of aliphatic hydroxyl groups is 1. The standard InChI is InChI=1S/C35H40FN3O6S.C23H37NO4.C16H15FN2O2S/c1-19(2)26-18-46-32(38-26)25-15-29(22-10-11-28(44-4)30(36)31(22)37-25)45-21-13-23-24(14-21)33(41)39(3)12-8-6-5-7-9-20-16-35(20,34(42)43)17-27(23)40;1-5-8-9-10-13-24(4)21(26)20-15-19(25)14-17(20)11-12-23(16-18(23)6-2)22(27)28-7-3;1-8(2)11-7-22-16(19-11)10-6-12(20)9-4-5-13(21-3)14(17)15(9)18-10/h7,9-11,15,18-21,23-24H,5-6,8,12-14,16-17H2,1-4H3,(H,42,43);5-6,17-20,25H,1-2,7-16H2,3-4H3;4-8H,1-3H3,(H,18,20)/b9-7-;;/t20-,21-,23-,24-,35-;17-,18-,19+,20-,23+;/m11./s1. The lowest BCUT2D eigenvalue weighted by molar-refractivity contribution is -0.150. The molecule has 10 atom stereocenters. The number of esters is 1. The van der Waals surface area contributed by atoms with Crippen LogP contribution in [0.15, 0.2) is 89.4 Å². The summed E-state index contributed by atoms with van der Waals surface area (Å²) in [6.07, 6.45) is 16.5. The van der Waals surface area contributed by atoms with Crippen LogP contribution in [0.25, 0.3) is 43.2 Å². The first-order chi connectivity index (χ1) is 45.9. The van der Waals surface area contributed by atoms with Crippen molar-refractivity contribution >= 4 is 74.0 Å². The van der Waals surface area contributed by atoms with Crippen LogP contribution in [0.2, 0.25) is 0 Å². The number of fused-ring (bicyclic) bond motifs is 4. The summed E-state index contributed by atoms with van der Waals surface area (Å²) in [7, 11) is 6.40. The number of carbonyl (C=O) groups is 5. The lowest BCUT2D eigenvalue weighted by atomic mass is 9.84. The molecule has 11 rings (SSSR count). The van der Waals surface area contributed by atoms with Crippen molar-refractivity contribution in [1.82, 2.24) is 29.7 Å². The molecule has 22 heteroatoms. The summed E-state index contributed by atoms with van der Waals surface area (Å²) < 4.78 is 52.0. The van der Waals surface area contributed by atoms with E-state index in [2.05, 4.69) is 28.1 Å². The van der Waals surface area contributed by atoms with Crippen molar-refractivity contribution in [2.75, 3.05) is 48.0 Å². The molecule has 1 aliphatic heterocycles. The molecule has 2 aromatic carbocycles. The van der Waals surface area contributed by atoms with Crippen molar-refractivity contribution in [3.63, 3.8) is 0 Å². The molecule has 0 unspecified atom stereocenters. The lowest BCUT2D eigenvalue weighted by Crippen LogP contribution is -2.38. The molecule has 4 fully saturated rings. The number of unbranched alkanes of at least 4 members (excludes halogenated alkanes) is 2. The molecule has 0 spiro atoms. The number of pyridine rings is 2. The first kappa shape index (κ1) is 72.6. The highest BCUT2D eigenvalue weighted by Crippen LogP contribution is 2.59. The molecule has 3 N–H and O–H groups in total. The number of halogens is 2. The Morgan fingerprint density at radius 1 is 0.865 bits per heavy atom. The fourth-order valence-corrected chi connectivity index (χ4v) is 15.8. The van der Waals surface area contributed by atoms with Gasteiger partial charge in [0.15, 0.2) is 28.6 Å². The Kier molecular flexibility index (Phi) is 23.9. The molecule has 516 valence electrons. The number of ketones is 1. The quantitative estimate of drug-likeness (QED) is 0.0345. The van der Waals surface area contributed by atoms with Gasteiger partial charge in [-0.1, -0.05) is 52.0 Å². The third kappa shape index (κ3) is 16.1. The number of aliphatic hydroxyl groups excluding tert-OH is 1. The first-order valence-electron chi connectivity index (χ1n) is 33.6. The Morgan fingerprint density at radius 3 is 2.19 bits per heavy atom. The van der Waals surface area contributed by atoms with E-state index < -0.39 is 52.5 Å². The minimum absolute atomic E-state index is 0.0508. The minimum Gasteiger partial charge on any atom is -0.494 e. The average molecular weight is 1360 g/mol. The van der Waals surface area contributed by atoms with Gasteiger partial charge < -0.3 is 43.9 Å². The number of methoxy groups -OCH3 is 2. The zero-order valence-electron chi connectivity index (χ0n) is 56.6. The third-order valence-corrected chi connectivity index (χ3v) is 21.7. The van der Waals surface area contributed by atoms with Crippen LogP contribution in [-0.4, -0.2) is 130 Å². The number of amides is 2. The molecule has 6 aromatic rings. The number of thiazole rings is 2. The van der Waals surface area contributed by atoms with Gasteiger partial charge in [0, 0.05) is 79.1 Å². The normalized spacial score (nSPS) is 25.0. The van der Waals surface area contributed by atoms with Gasteiger partial charge in [0.25, 0.3) is 0 Å². The van der Waals surface area contributed by atoms with Gasteiger partial charge in [-0.05, 0) is 151 Å². The second-order valence-electron chi connectivity index (χ2n) is 27.0. The van der Waals surface area contributed by atoms with Crippen molar-refractivity contribution in [2.45, 2.75) is 155 Å². The number of aromatic nitrogens is 4. The van der Waals surface area contributed by atoms with E-state index >= 15 is 4.39 Å². The predicted octanol–water partition coefficient (Wildman–Crippen LogP) is 14.3. The Hall–Kier alpha value is -7.69. The molecule has 96 heavy (non-hydrogen) atoms. The Morgan fingerprint density at radius 2 is 1.54 bits per heavy atom. The smallest absolute Gasteiger partial charge is 0.312 e. The number of rotatable bonds is 21. The van der Waals surface area contributed by atoms with Gasteiger partial charge in [0.05, 0.1) is 66.3 Å². The number of allylic oxidation sites excluding steroid dienone is 4. The SMILES string of the molecule is C=CCCCCN(C)C(=O)[C@@H]1C[C@@H](O)C[C@H]1CC[C@]1(C(=O)OCC)C[C@H]1C=C.COc1ccc2c(=O)cc(-c3nc(C(C)C)cs3)[nH]c2c1F.COc1ccc2c(O[C@@H]3C[C@H]4C(=O)C[C@]5(C(=O)O)C[C@H]5/C=C\CCCCN(C)C(=O)[C@@H]4C3)cc(-c3nc(C(C)C)cs3)nc2c1F. The van der Waals surface area contributed by atoms with E-state index in [9.17, 15) is 43.4 Å². The van der Waals surface area contributed by atoms with Gasteiger partial charge in [-0.2, -0.15) is 0 Å². The summed E-state index contributed by atoms with van der Waals surface area (Å²) in [6.45, 7) is 19.3. The van der Waals surface area contributed by atoms with Gasteiger partial charge in [0.2, 0.25) is 11.8 Å². The molecule has 4 saturated carbocycles. The van der Waals surface area contributed by atoms with Gasteiger partial charge in [-0.15, -0.1) is 35.8 Å². The maximum absolute atomic E-state index is 15.6. The predicted molar refractivity (Wildman–Crippen MR) is 369 cm³/mol. The van der Waals surface area contributed by atoms with Crippen LogP contribution in [0.1, 0.15) is 154 Å². The van der Waals surface area contributed by atoms with E-state index in [-0.39, 0.29) is 100 Å². The Labute approximate surface area is 568 Å². The number of nitrogens with zero attached hydrogens (tertiary/aromatic N) is 5. The van der Waals surface area contributed by atoms with Crippen LogP contribution in [-0.2, 0) is 28.7 Å². The number of aromatic amines is 1. The zero-order valence-corrected chi connectivity index (χ0v) is 58.3. The summed E-state index contributed by atoms with van der Waals surface area (Å²) in [5.41, 5.74) is 1.21. The number of hydrogen-bond acceptors (Lipinski definition) is 16. The summed E-state index contributed by atoms with van der Waals surface area (Å²) in [5, 5.41) is 26.2. The fraction of sp³-hybridized carbons (Fsp3) is 0.527. The van der Waals surface area contributed by atoms with E-state index in [0.717, 1.165) is 69.3 Å². The van der Waals surface area contributed by atoms with Crippen molar-refractivity contribution in [2.24, 2.45) is 46.3 Å². The number of Topliss-reactive ketones (excluding diaryl/α,β-unsaturated/α-hetero) is 1. The van der Waals surface area contributed by atoms with E-state index in [4.69, 9.17) is 23.9 Å². The van der Waals surface area contributed by atoms with Gasteiger partial charge >= 0.3 is 11.9 Å². The molecule has 0 saturated heterocycles. The van der Waals surface area contributed by atoms with E-state index in [1.807, 2.05) is 81.6 Å². The van der Waals surface area contributed by atoms with Gasteiger partial charge in [0.1, 0.15) is 38.9 Å². The minimum atomic E-state index is -1.12. The van der Waals surface area contributed by atoms with Crippen LogP contribution >= 0.6 is 22.7 Å². The summed E-state index contributed by atoms with van der Waals surface area (Å²) in [5.74, 6) is -2.85. The molecule has 4 aromatic heterocycles. The second kappa shape index (κ2) is 31.7. The largest absolute Gasteiger partial charge is 0.494 e. The molecule has 5 aliphatic rings. The average Bonchev–Trinajstić information content (AvgIpc) is 1.47. The van der Waals surface area contributed by atoms with E-state index in [0.29, 0.717) is 82.7 Å². The van der Waals surface area contributed by atoms with Gasteiger partial charge in [-0.25, -0.2) is 23.7 Å². The molecule has 0 bridgehead atoms. The van der Waals surface area contributed by atoms with Crippen molar-refractivity contribution < 1.29 is 61.9 Å². The molecule has 5 heterocycles. The number of nitrogens with one attached hydrogen (secondary N) is 1. The molecule has 0 radical (unpaired) electrons. The molecule has 4 aliphatic carbocycles. The number of hydrogen-bond donors (Lipinski definition) is 3. The maximum Gasteiger partial charge on any atom is 0.312 e. The highest BCUT2D eigenvalue weighted by molar-refractivity contribution is 7.13. The van der Waals surface area contributed by atoms with Gasteiger partial charge in [-0.3, -0.25) is 28.8 Å². The van der Waals surface area contributed by atoms with Crippen molar-refractivity contribution in [3.8, 4) is 38.7 Å². The first-order valence-corrected chi connectivity index (χ1v) is 35.3. The van der Waals surface area contributed by atoms with Crippen molar-refractivity contribution in [1.29, 1.82) is 0 Å². The highest BCUT2D eigenvalue weighted by atomic mass is 32.1. The number of H-pyrrole nitrogens is 1. The molecule has 2 amide bonds. The number of carboxylic acids is 1. The Bertz CT molecular complexity index is 3920. The summed E-state index contributed by atoms with van der Waals surface area (Å²) >= 11 is 2.84. The van der Waals surface area contributed by atoms with E-state index in [1.165, 1.54) is 55.1 Å². The monoisotopic (exact) mass is 1360 g/mol. The number of benzene rings is 2. The number of carboxylic acid groups (broad SMARTS) is 1. The zero-order chi connectivity index (χ0) is 69.3. The fourth-order valence-electron chi connectivity index (χ4n) is 13.9. The second-order valence-corrected chi connectivity index (χ2v) is 28.7. The van der Waals surface area contributed by atoms with E-state index in [1.54, 1.807) is 30.1 Å². The lowest BCUT2D eigenvalue weighted by Gasteiger charge is -2.26. The molecular formula is C74H92F2N6O12S2. The number of carbonyl (C=O) groups excluding carboxylic acids is 4. The topological polar surface area (TPSA) is 241 Å². The number of aliphatic carboxylic acids is 1. The number of ether oxygens (including phenoxy) is 4. The summed E-state index contributed by atoms with van der Waals surface area (Å²) in [4.78, 5) is 98.0. The molecular weight excluding hydrogens is 1270 g/mol. The van der Waals surface area contributed by atoms with Crippen LogP contribution in [0.4, 0.5) is 8.78 Å². The Balaban J connectivity index is 0.000000184. The van der Waals surface area contributed by atoms with Crippen LogP contribution in [0.3, 0.4) is 0 Å². The van der Waals surface area contributed by atoms with Crippen LogP contribution < -0.4 is 19.6 Å². The summed E-state index contributed by atoms with van der Waals surface area (Å²) in [6, 6.07) is 9.42. The molecule has 18 nitrogen and oxygen atoms in total.